The summed E-state index contributed by atoms with van der Waals surface area (Å²) < 4.78 is 18.3. The monoisotopic (exact) mass is 479 g/mol. The van der Waals surface area contributed by atoms with Crippen molar-refractivity contribution in [1.82, 2.24) is 5.32 Å². The van der Waals surface area contributed by atoms with E-state index in [1.807, 2.05) is 0 Å². The van der Waals surface area contributed by atoms with Crippen molar-refractivity contribution in [2.24, 2.45) is 0 Å². The van der Waals surface area contributed by atoms with Gasteiger partial charge in [0.05, 0.1) is 25.4 Å². The molecule has 0 aliphatic heterocycles. The van der Waals surface area contributed by atoms with Crippen LogP contribution in [-0.4, -0.2) is 70.0 Å². The van der Waals surface area contributed by atoms with Gasteiger partial charge in [0, 0.05) is 0 Å². The molecule has 31 heavy (non-hydrogen) atoms. The molecule has 1 amide bonds. The van der Waals surface area contributed by atoms with Crippen LogP contribution in [0.4, 0.5) is 4.79 Å². The summed E-state index contributed by atoms with van der Waals surface area (Å²) in [5.41, 5.74) is -0.666. The molecule has 0 radical (unpaired) electrons. The third-order valence-electron chi connectivity index (χ3n) is 6.33. The molecule has 0 bridgehead atoms. The van der Waals surface area contributed by atoms with Crippen LogP contribution < -0.4 is 5.32 Å². The Labute approximate surface area is 192 Å². The molecule has 0 spiro atoms. The fourth-order valence-electron chi connectivity index (χ4n) is 2.24. The summed E-state index contributed by atoms with van der Waals surface area (Å²) in [5.74, 6) is 0. The second-order valence-electron chi connectivity index (χ2n) is 12.4. The lowest BCUT2D eigenvalue weighted by molar-refractivity contribution is -0.0352. The molecule has 0 heterocycles. The van der Waals surface area contributed by atoms with Crippen LogP contribution in [0.2, 0.25) is 36.3 Å². The first-order valence-corrected chi connectivity index (χ1v) is 17.0. The Morgan fingerprint density at radius 3 is 1.71 bits per heavy atom. The van der Waals surface area contributed by atoms with Crippen LogP contribution in [0.5, 0.6) is 0 Å². The van der Waals surface area contributed by atoms with Gasteiger partial charge >= 0.3 is 6.09 Å². The standard InChI is InChI=1S/C22H49NO6Si2/c1-20(2,3)28-19(26)23-16(15-27-30(10,11)21(4,5)6)18(17(25)14-24)29-31(12,13)22(7,8)9/h16-18,24-25H,14-15H2,1-13H3,(H,23,26)/t16-,17-,18-/m1/s1. The van der Waals surface area contributed by atoms with E-state index in [1.165, 1.54) is 0 Å². The summed E-state index contributed by atoms with van der Waals surface area (Å²) in [6.07, 6.45) is -2.61. The van der Waals surface area contributed by atoms with Crippen LogP contribution in [0.1, 0.15) is 62.3 Å². The third-order valence-corrected chi connectivity index (χ3v) is 15.3. The molecule has 0 aromatic carbocycles. The molecule has 0 aliphatic rings. The lowest BCUT2D eigenvalue weighted by Gasteiger charge is -2.44. The quantitative estimate of drug-likeness (QED) is 0.417. The molecule has 7 nitrogen and oxygen atoms in total. The number of ether oxygens (including phenoxy) is 1. The lowest BCUT2D eigenvalue weighted by Crippen LogP contribution is -2.59. The highest BCUT2D eigenvalue weighted by Crippen LogP contribution is 2.39. The Balaban J connectivity index is 5.96. The number of alkyl carbamates (subject to hydrolysis) is 1. The van der Waals surface area contributed by atoms with Crippen LogP contribution >= 0.6 is 0 Å². The van der Waals surface area contributed by atoms with Gasteiger partial charge in [-0.05, 0) is 57.0 Å². The molecule has 0 fully saturated rings. The van der Waals surface area contributed by atoms with Crippen molar-refractivity contribution in [3.8, 4) is 0 Å². The molecule has 0 unspecified atom stereocenters. The molecule has 9 heteroatoms. The number of amides is 1. The second kappa shape index (κ2) is 10.6. The van der Waals surface area contributed by atoms with Gasteiger partial charge in [-0.1, -0.05) is 41.5 Å². The van der Waals surface area contributed by atoms with Crippen molar-refractivity contribution in [1.29, 1.82) is 0 Å². The van der Waals surface area contributed by atoms with E-state index in [1.54, 1.807) is 20.8 Å². The molecule has 3 N–H and O–H groups in total. The molecule has 0 saturated heterocycles. The third kappa shape index (κ3) is 9.92. The van der Waals surface area contributed by atoms with Crippen molar-refractivity contribution < 1.29 is 28.6 Å². The first kappa shape index (κ1) is 30.5. The van der Waals surface area contributed by atoms with Crippen LogP contribution in [0.25, 0.3) is 0 Å². The minimum Gasteiger partial charge on any atom is -0.444 e. The smallest absolute Gasteiger partial charge is 0.408 e. The Hall–Kier alpha value is -0.456. The summed E-state index contributed by atoms with van der Waals surface area (Å²) in [6, 6.07) is -0.680. The Morgan fingerprint density at radius 1 is 0.903 bits per heavy atom. The molecular formula is C22H49NO6Si2. The van der Waals surface area contributed by atoms with Crippen LogP contribution in [0, 0.1) is 0 Å². The maximum Gasteiger partial charge on any atom is 0.408 e. The predicted molar refractivity (Wildman–Crippen MR) is 131 cm³/mol. The highest BCUT2D eigenvalue weighted by atomic mass is 28.4. The Kier molecular flexibility index (Phi) is 10.5. The maximum absolute atomic E-state index is 12.6. The average Bonchev–Trinajstić information content (AvgIpc) is 2.52. The zero-order chi connectivity index (χ0) is 25.1. The normalized spacial score (nSPS) is 17.1. The van der Waals surface area contributed by atoms with E-state index in [-0.39, 0.29) is 16.7 Å². The molecular weight excluding hydrogens is 430 g/mol. The number of carbonyl (C=O) groups excluding carboxylic acids is 1. The number of carbonyl (C=O) groups is 1. The highest BCUT2D eigenvalue weighted by Gasteiger charge is 2.45. The van der Waals surface area contributed by atoms with Gasteiger partial charge in [-0.15, -0.1) is 0 Å². The SMILES string of the molecule is CC(C)(C)OC(=O)N[C@H](CO[Si](C)(C)C(C)(C)C)[C@@H](O[Si](C)(C)C(C)(C)C)[C@H](O)CO. The predicted octanol–water partition coefficient (Wildman–Crippen LogP) is 4.65. The van der Waals surface area contributed by atoms with Crippen LogP contribution in [-0.2, 0) is 13.6 Å². The number of aliphatic hydroxyl groups excluding tert-OH is 2. The van der Waals surface area contributed by atoms with Gasteiger partial charge in [0.2, 0.25) is 0 Å². The summed E-state index contributed by atoms with van der Waals surface area (Å²) >= 11 is 0. The van der Waals surface area contributed by atoms with Crippen molar-refractivity contribution >= 4 is 22.7 Å². The molecule has 186 valence electrons. The van der Waals surface area contributed by atoms with Crippen molar-refractivity contribution in [2.75, 3.05) is 13.2 Å². The van der Waals surface area contributed by atoms with Crippen LogP contribution in [0.3, 0.4) is 0 Å². The van der Waals surface area contributed by atoms with E-state index in [0.717, 1.165) is 0 Å². The van der Waals surface area contributed by atoms with Gasteiger partial charge in [-0.2, -0.15) is 0 Å². The van der Waals surface area contributed by atoms with Crippen molar-refractivity contribution in [3.05, 3.63) is 0 Å². The minimum absolute atomic E-state index is 0.0190. The fourth-order valence-corrected chi connectivity index (χ4v) is 4.63. The van der Waals surface area contributed by atoms with Gasteiger partial charge in [0.15, 0.2) is 16.6 Å². The first-order valence-electron chi connectivity index (χ1n) is 11.1. The van der Waals surface area contributed by atoms with E-state index in [4.69, 9.17) is 13.6 Å². The molecule has 0 saturated carbocycles. The van der Waals surface area contributed by atoms with Crippen molar-refractivity contribution in [3.63, 3.8) is 0 Å². The minimum atomic E-state index is -2.33. The largest absolute Gasteiger partial charge is 0.444 e. The molecule has 0 aromatic rings. The van der Waals surface area contributed by atoms with Crippen LogP contribution in [0.15, 0.2) is 0 Å². The molecule has 0 aromatic heterocycles. The fraction of sp³-hybridized carbons (Fsp3) is 0.955. The molecule has 3 atom stereocenters. The molecule has 0 rings (SSSR count). The summed E-state index contributed by atoms with van der Waals surface area (Å²) in [6.45, 7) is 26.2. The van der Waals surface area contributed by atoms with E-state index < -0.39 is 53.2 Å². The number of hydrogen-bond acceptors (Lipinski definition) is 6. The highest BCUT2D eigenvalue weighted by molar-refractivity contribution is 6.74. The van der Waals surface area contributed by atoms with Gasteiger partial charge in [-0.25, -0.2) is 4.79 Å². The molecule has 0 aliphatic carbocycles. The summed E-state index contributed by atoms with van der Waals surface area (Å²) in [5, 5.41) is 23.1. The number of hydrogen-bond donors (Lipinski definition) is 3. The van der Waals surface area contributed by atoms with E-state index >= 15 is 0 Å². The summed E-state index contributed by atoms with van der Waals surface area (Å²) in [7, 11) is -4.46. The van der Waals surface area contributed by atoms with E-state index in [2.05, 4.69) is 73.0 Å². The van der Waals surface area contributed by atoms with Crippen molar-refractivity contribution in [2.45, 2.75) is 122 Å². The number of nitrogens with one attached hydrogen (secondary N) is 1. The van der Waals surface area contributed by atoms with Gasteiger partial charge < -0.3 is 29.1 Å². The average molecular weight is 480 g/mol. The topological polar surface area (TPSA) is 97.3 Å². The number of aliphatic hydroxyl groups is 2. The lowest BCUT2D eigenvalue weighted by atomic mass is 10.1. The first-order chi connectivity index (χ1) is 13.5. The Bertz CT molecular complexity index is 576. The zero-order valence-electron chi connectivity index (χ0n) is 22.2. The Morgan fingerprint density at radius 2 is 1.35 bits per heavy atom. The zero-order valence-corrected chi connectivity index (χ0v) is 24.2. The maximum atomic E-state index is 12.6. The van der Waals surface area contributed by atoms with E-state index in [9.17, 15) is 15.0 Å². The van der Waals surface area contributed by atoms with Gasteiger partial charge in [0.25, 0.3) is 0 Å². The second-order valence-corrected chi connectivity index (χ2v) is 22.0. The van der Waals surface area contributed by atoms with Gasteiger partial charge in [-0.3, -0.25) is 0 Å². The van der Waals surface area contributed by atoms with Gasteiger partial charge in [0.1, 0.15) is 11.7 Å². The number of rotatable bonds is 9. The van der Waals surface area contributed by atoms with E-state index in [0.29, 0.717) is 0 Å². The summed E-state index contributed by atoms with van der Waals surface area (Å²) in [4.78, 5) is 12.6.